The minimum absolute atomic E-state index is 0.152. The molecule has 0 unspecified atom stereocenters. The number of halogens is 1. The standard InChI is InChI=1S/C25H28ClN5O3/c1-17(2)15-31-24(33)19-8-4-3-7-18(19)23(28-31)25(34)30-13-11-29(12-14-30)16-22(32)27-21-10-6-5-9-20(21)26/h3-10,17H,11-16H2,1-2H3,(H,27,32). The van der Waals surface area contributed by atoms with E-state index in [0.29, 0.717) is 59.9 Å². The van der Waals surface area contributed by atoms with Crippen molar-refractivity contribution in [3.63, 3.8) is 0 Å². The van der Waals surface area contributed by atoms with Crippen LogP contribution in [0.5, 0.6) is 0 Å². The summed E-state index contributed by atoms with van der Waals surface area (Å²) in [5.41, 5.74) is 0.688. The van der Waals surface area contributed by atoms with Crippen LogP contribution in [-0.4, -0.2) is 64.1 Å². The minimum Gasteiger partial charge on any atom is -0.335 e. The molecule has 1 aromatic heterocycles. The molecule has 3 aromatic rings. The zero-order valence-corrected chi connectivity index (χ0v) is 20.1. The highest BCUT2D eigenvalue weighted by atomic mass is 35.5. The number of rotatable bonds is 6. The first kappa shape index (κ1) is 23.9. The van der Waals surface area contributed by atoms with Crippen LogP contribution in [0.4, 0.5) is 5.69 Å². The van der Waals surface area contributed by atoms with Gasteiger partial charge in [-0.3, -0.25) is 19.3 Å². The monoisotopic (exact) mass is 481 g/mol. The molecule has 0 radical (unpaired) electrons. The quantitative estimate of drug-likeness (QED) is 0.584. The fourth-order valence-corrected chi connectivity index (χ4v) is 4.26. The van der Waals surface area contributed by atoms with Gasteiger partial charge in [0.15, 0.2) is 5.69 Å². The second kappa shape index (κ2) is 10.4. The summed E-state index contributed by atoms with van der Waals surface area (Å²) in [6.07, 6.45) is 0. The van der Waals surface area contributed by atoms with E-state index in [4.69, 9.17) is 11.6 Å². The number of aromatic nitrogens is 2. The van der Waals surface area contributed by atoms with Crippen LogP contribution in [0.2, 0.25) is 5.02 Å². The van der Waals surface area contributed by atoms with Crippen molar-refractivity contribution < 1.29 is 9.59 Å². The fraction of sp³-hybridized carbons (Fsp3) is 0.360. The average molecular weight is 482 g/mol. The Morgan fingerprint density at radius 3 is 2.32 bits per heavy atom. The Labute approximate surface area is 203 Å². The molecule has 2 amide bonds. The van der Waals surface area contributed by atoms with E-state index in [1.54, 1.807) is 41.3 Å². The van der Waals surface area contributed by atoms with E-state index in [9.17, 15) is 14.4 Å². The van der Waals surface area contributed by atoms with Crippen molar-refractivity contribution in [1.29, 1.82) is 0 Å². The van der Waals surface area contributed by atoms with Gasteiger partial charge in [-0.15, -0.1) is 0 Å². The summed E-state index contributed by atoms with van der Waals surface area (Å²) in [4.78, 5) is 42.4. The summed E-state index contributed by atoms with van der Waals surface area (Å²) in [6, 6.07) is 14.2. The van der Waals surface area contributed by atoms with Gasteiger partial charge in [-0.2, -0.15) is 5.10 Å². The lowest BCUT2D eigenvalue weighted by molar-refractivity contribution is -0.117. The number of hydrogen-bond acceptors (Lipinski definition) is 5. The van der Waals surface area contributed by atoms with Gasteiger partial charge in [-0.25, -0.2) is 4.68 Å². The van der Waals surface area contributed by atoms with Crippen molar-refractivity contribution in [2.75, 3.05) is 38.0 Å². The maximum atomic E-state index is 13.4. The smallest absolute Gasteiger partial charge is 0.275 e. The Morgan fingerprint density at radius 1 is 1.00 bits per heavy atom. The molecule has 1 N–H and O–H groups in total. The molecule has 1 saturated heterocycles. The predicted octanol–water partition coefficient (Wildman–Crippen LogP) is 3.10. The zero-order chi connectivity index (χ0) is 24.2. The van der Waals surface area contributed by atoms with Crippen molar-refractivity contribution in [1.82, 2.24) is 19.6 Å². The van der Waals surface area contributed by atoms with E-state index in [0.717, 1.165) is 0 Å². The predicted molar refractivity (Wildman–Crippen MR) is 133 cm³/mol. The number of piperazine rings is 1. The van der Waals surface area contributed by atoms with Crippen LogP contribution in [0.25, 0.3) is 10.8 Å². The zero-order valence-electron chi connectivity index (χ0n) is 19.3. The number of para-hydroxylation sites is 1. The van der Waals surface area contributed by atoms with Crippen LogP contribution in [0, 0.1) is 5.92 Å². The third kappa shape index (κ3) is 5.29. The molecule has 1 fully saturated rings. The molecule has 178 valence electrons. The lowest BCUT2D eigenvalue weighted by atomic mass is 10.1. The van der Waals surface area contributed by atoms with Crippen molar-refractivity contribution in [3.8, 4) is 0 Å². The molecule has 2 aromatic carbocycles. The summed E-state index contributed by atoms with van der Waals surface area (Å²) in [5.74, 6) is -0.134. The van der Waals surface area contributed by atoms with Gasteiger partial charge >= 0.3 is 0 Å². The number of carbonyl (C=O) groups is 2. The topological polar surface area (TPSA) is 87.5 Å². The second-order valence-corrected chi connectivity index (χ2v) is 9.28. The Hall–Kier alpha value is -3.23. The third-order valence-corrected chi connectivity index (χ3v) is 6.11. The van der Waals surface area contributed by atoms with Gasteiger partial charge in [0.1, 0.15) is 0 Å². The van der Waals surface area contributed by atoms with E-state index in [-0.39, 0.29) is 29.8 Å². The van der Waals surface area contributed by atoms with Crippen LogP contribution in [0.3, 0.4) is 0 Å². The Kier molecular flexibility index (Phi) is 7.29. The summed E-state index contributed by atoms with van der Waals surface area (Å²) in [5, 5.41) is 8.85. The van der Waals surface area contributed by atoms with Gasteiger partial charge in [0, 0.05) is 38.1 Å². The number of benzene rings is 2. The maximum absolute atomic E-state index is 13.4. The molecule has 8 nitrogen and oxygen atoms in total. The SMILES string of the molecule is CC(C)Cn1nc(C(=O)N2CCN(CC(=O)Nc3ccccc3Cl)CC2)c2ccccc2c1=O. The Bertz CT molecular complexity index is 1260. The highest BCUT2D eigenvalue weighted by Crippen LogP contribution is 2.20. The van der Waals surface area contributed by atoms with Gasteiger partial charge < -0.3 is 10.2 Å². The van der Waals surface area contributed by atoms with Crippen molar-refractivity contribution in [3.05, 3.63) is 69.6 Å². The van der Waals surface area contributed by atoms with Crippen molar-refractivity contribution >= 4 is 39.9 Å². The maximum Gasteiger partial charge on any atom is 0.275 e. The molecule has 0 aliphatic carbocycles. The third-order valence-electron chi connectivity index (χ3n) is 5.78. The number of nitrogens with zero attached hydrogens (tertiary/aromatic N) is 4. The number of nitrogens with one attached hydrogen (secondary N) is 1. The van der Waals surface area contributed by atoms with E-state index in [1.165, 1.54) is 4.68 Å². The van der Waals surface area contributed by atoms with Crippen molar-refractivity contribution in [2.45, 2.75) is 20.4 Å². The Morgan fingerprint density at radius 2 is 1.65 bits per heavy atom. The van der Waals surface area contributed by atoms with Crippen LogP contribution >= 0.6 is 11.6 Å². The van der Waals surface area contributed by atoms with Gasteiger partial charge in [0.05, 0.1) is 22.6 Å². The highest BCUT2D eigenvalue weighted by Gasteiger charge is 2.26. The number of carbonyl (C=O) groups excluding carboxylic acids is 2. The van der Waals surface area contributed by atoms with Gasteiger partial charge in [0.2, 0.25) is 5.91 Å². The highest BCUT2D eigenvalue weighted by molar-refractivity contribution is 6.33. The first-order valence-corrected chi connectivity index (χ1v) is 11.8. The summed E-state index contributed by atoms with van der Waals surface area (Å²) in [7, 11) is 0. The number of fused-ring (bicyclic) bond motifs is 1. The van der Waals surface area contributed by atoms with Gasteiger partial charge in [-0.1, -0.05) is 55.8 Å². The van der Waals surface area contributed by atoms with E-state index in [2.05, 4.69) is 10.4 Å². The number of anilines is 1. The lowest BCUT2D eigenvalue weighted by Gasteiger charge is -2.34. The van der Waals surface area contributed by atoms with Crippen LogP contribution in [-0.2, 0) is 11.3 Å². The molecule has 1 aliphatic heterocycles. The largest absolute Gasteiger partial charge is 0.335 e. The molecular weight excluding hydrogens is 454 g/mol. The molecule has 0 atom stereocenters. The molecule has 34 heavy (non-hydrogen) atoms. The first-order chi connectivity index (χ1) is 16.3. The summed E-state index contributed by atoms with van der Waals surface area (Å²) < 4.78 is 1.40. The van der Waals surface area contributed by atoms with Gasteiger partial charge in [-0.05, 0) is 24.1 Å². The lowest BCUT2D eigenvalue weighted by Crippen LogP contribution is -2.50. The molecule has 9 heteroatoms. The Balaban J connectivity index is 1.44. The molecule has 1 aliphatic rings. The van der Waals surface area contributed by atoms with E-state index in [1.807, 2.05) is 30.9 Å². The molecule has 2 heterocycles. The minimum atomic E-state index is -0.200. The molecule has 4 rings (SSSR count). The summed E-state index contributed by atoms with van der Waals surface area (Å²) in [6.45, 7) is 6.73. The van der Waals surface area contributed by atoms with Crippen molar-refractivity contribution in [2.24, 2.45) is 5.92 Å². The van der Waals surface area contributed by atoms with Crippen LogP contribution < -0.4 is 10.9 Å². The molecule has 0 saturated carbocycles. The fourth-order valence-electron chi connectivity index (χ4n) is 4.08. The van der Waals surface area contributed by atoms with Crippen LogP contribution in [0.1, 0.15) is 24.3 Å². The molecular formula is C25H28ClN5O3. The van der Waals surface area contributed by atoms with Crippen LogP contribution in [0.15, 0.2) is 53.3 Å². The molecule has 0 bridgehead atoms. The normalized spacial score (nSPS) is 14.5. The molecule has 0 spiro atoms. The number of hydrogen-bond donors (Lipinski definition) is 1. The first-order valence-electron chi connectivity index (χ1n) is 11.4. The number of amides is 2. The van der Waals surface area contributed by atoms with E-state index < -0.39 is 0 Å². The van der Waals surface area contributed by atoms with Gasteiger partial charge in [0.25, 0.3) is 11.5 Å². The average Bonchev–Trinajstić information content (AvgIpc) is 2.82. The second-order valence-electron chi connectivity index (χ2n) is 8.87. The summed E-state index contributed by atoms with van der Waals surface area (Å²) >= 11 is 6.11. The van der Waals surface area contributed by atoms with E-state index >= 15 is 0 Å².